The highest BCUT2D eigenvalue weighted by Gasteiger charge is 2.20. The lowest BCUT2D eigenvalue weighted by Crippen LogP contribution is -2.04. The number of carbonyl (C=O) groups is 1. The maximum atomic E-state index is 12.1. The highest BCUT2D eigenvalue weighted by molar-refractivity contribution is 6.03. The lowest BCUT2D eigenvalue weighted by atomic mass is 9.99. The third-order valence-corrected chi connectivity index (χ3v) is 6.13. The predicted octanol–water partition coefficient (Wildman–Crippen LogP) is 5.98. The number of nitrogens with one attached hydrogen (secondary N) is 1. The molecule has 0 unspecified atom stereocenters. The average molecular weight is 452 g/mol. The van der Waals surface area contributed by atoms with E-state index in [1.54, 1.807) is 6.07 Å². The van der Waals surface area contributed by atoms with Gasteiger partial charge < -0.3 is 20.6 Å². The summed E-state index contributed by atoms with van der Waals surface area (Å²) in [7, 11) is 0. The van der Waals surface area contributed by atoms with E-state index in [4.69, 9.17) is 10.5 Å². The van der Waals surface area contributed by atoms with Gasteiger partial charge in [-0.15, -0.1) is 0 Å². The van der Waals surface area contributed by atoms with Gasteiger partial charge >= 0.3 is 5.97 Å². The maximum Gasteiger partial charge on any atom is 0.352 e. The molecule has 0 aliphatic carbocycles. The lowest BCUT2D eigenvalue weighted by molar-refractivity contribution is 0.0690. The zero-order valence-electron chi connectivity index (χ0n) is 18.8. The minimum absolute atomic E-state index is 0.216. The Morgan fingerprint density at radius 3 is 2.56 bits per heavy atom. The van der Waals surface area contributed by atoms with E-state index in [0.717, 1.165) is 49.8 Å². The number of H-pyrrole nitrogens is 1. The zero-order valence-corrected chi connectivity index (χ0v) is 18.8. The number of nitrogens with zero attached hydrogens (tertiary/aromatic N) is 1. The van der Waals surface area contributed by atoms with Crippen LogP contribution in [0.1, 0.15) is 28.2 Å². The molecule has 0 aliphatic heterocycles. The third-order valence-electron chi connectivity index (χ3n) is 6.13. The standard InChI is InChI=1S/C28H25N3O3/c1-17-19(14-15-25(29)30-17)21-10-5-11-22-23(27(28(32)33)31-26(21)22)12-6-16-34-24-13-4-8-18-7-2-3-9-20(18)24/h2-5,7-11,13-15,31H,6,12,16H2,1H3,(H2,29,30)(H,32,33). The van der Waals surface area contributed by atoms with E-state index in [0.29, 0.717) is 25.3 Å². The van der Waals surface area contributed by atoms with E-state index in [-0.39, 0.29) is 5.69 Å². The van der Waals surface area contributed by atoms with Gasteiger partial charge in [0.15, 0.2) is 0 Å². The Kier molecular flexibility index (Phi) is 5.64. The summed E-state index contributed by atoms with van der Waals surface area (Å²) in [6.45, 7) is 2.39. The minimum atomic E-state index is -0.973. The van der Waals surface area contributed by atoms with Gasteiger partial charge in [-0.3, -0.25) is 0 Å². The summed E-state index contributed by atoms with van der Waals surface area (Å²) in [5.41, 5.74) is 10.2. The summed E-state index contributed by atoms with van der Waals surface area (Å²) in [6, 6.07) is 23.7. The molecule has 0 spiro atoms. The Morgan fingerprint density at radius 1 is 0.971 bits per heavy atom. The molecule has 2 aromatic heterocycles. The molecule has 5 aromatic rings. The van der Waals surface area contributed by atoms with Crippen molar-refractivity contribution in [2.24, 2.45) is 0 Å². The van der Waals surface area contributed by atoms with E-state index < -0.39 is 5.97 Å². The summed E-state index contributed by atoms with van der Waals surface area (Å²) in [6.07, 6.45) is 1.26. The second-order valence-electron chi connectivity index (χ2n) is 8.31. The molecule has 5 rings (SSSR count). The first kappa shape index (κ1) is 21.5. The van der Waals surface area contributed by atoms with Crippen molar-refractivity contribution in [1.29, 1.82) is 0 Å². The number of para-hydroxylation sites is 1. The first-order valence-electron chi connectivity index (χ1n) is 11.2. The minimum Gasteiger partial charge on any atom is -0.493 e. The van der Waals surface area contributed by atoms with Crippen LogP contribution in [0, 0.1) is 6.92 Å². The number of pyridine rings is 1. The van der Waals surface area contributed by atoms with Crippen LogP contribution in [-0.4, -0.2) is 27.7 Å². The van der Waals surface area contributed by atoms with Gasteiger partial charge in [0, 0.05) is 27.6 Å². The number of hydrogen-bond acceptors (Lipinski definition) is 4. The third kappa shape index (κ3) is 3.94. The molecule has 3 aromatic carbocycles. The Balaban J connectivity index is 1.42. The fourth-order valence-corrected chi connectivity index (χ4v) is 4.56. The highest BCUT2D eigenvalue weighted by atomic mass is 16.5. The number of anilines is 1. The van der Waals surface area contributed by atoms with E-state index in [9.17, 15) is 9.90 Å². The van der Waals surface area contributed by atoms with Crippen LogP contribution in [-0.2, 0) is 6.42 Å². The molecule has 170 valence electrons. The van der Waals surface area contributed by atoms with E-state index in [1.165, 1.54) is 0 Å². The zero-order chi connectivity index (χ0) is 23.7. The Hall–Kier alpha value is -4.32. The predicted molar refractivity (Wildman–Crippen MR) is 135 cm³/mol. The van der Waals surface area contributed by atoms with E-state index in [2.05, 4.69) is 22.1 Å². The summed E-state index contributed by atoms with van der Waals surface area (Å²) in [5, 5.41) is 13.0. The van der Waals surface area contributed by atoms with E-state index in [1.807, 2.05) is 61.5 Å². The second-order valence-corrected chi connectivity index (χ2v) is 8.31. The van der Waals surface area contributed by atoms with E-state index >= 15 is 0 Å². The number of aromatic amines is 1. The number of benzene rings is 3. The molecule has 0 amide bonds. The molecule has 0 saturated carbocycles. The van der Waals surface area contributed by atoms with Crippen molar-refractivity contribution < 1.29 is 14.6 Å². The first-order chi connectivity index (χ1) is 16.5. The SMILES string of the molecule is Cc1nc(N)ccc1-c1cccc2c(CCCOc3cccc4ccccc34)c(C(=O)O)[nH]c12. The number of carboxylic acid groups (broad SMARTS) is 1. The number of hydrogen-bond donors (Lipinski definition) is 3. The molecule has 4 N–H and O–H groups in total. The van der Waals surface area contributed by atoms with Crippen LogP contribution in [0.15, 0.2) is 72.8 Å². The van der Waals surface area contributed by atoms with Crippen molar-refractivity contribution in [3.8, 4) is 16.9 Å². The van der Waals surface area contributed by atoms with Crippen LogP contribution in [0.25, 0.3) is 32.8 Å². The molecular weight excluding hydrogens is 426 g/mol. The van der Waals surface area contributed by atoms with Crippen molar-refractivity contribution in [3.05, 3.63) is 89.7 Å². The Labute approximate surface area is 197 Å². The van der Waals surface area contributed by atoms with Gasteiger partial charge in [-0.25, -0.2) is 9.78 Å². The summed E-state index contributed by atoms with van der Waals surface area (Å²) < 4.78 is 6.07. The van der Waals surface area contributed by atoms with Gasteiger partial charge in [0.05, 0.1) is 12.1 Å². The monoisotopic (exact) mass is 451 g/mol. The number of aromatic carboxylic acids is 1. The molecule has 0 fully saturated rings. The number of nitrogens with two attached hydrogens (primary N) is 1. The van der Waals surface area contributed by atoms with Gasteiger partial charge in [-0.1, -0.05) is 54.6 Å². The van der Waals surface area contributed by atoms with Crippen LogP contribution in [0.3, 0.4) is 0 Å². The van der Waals surface area contributed by atoms with Crippen LogP contribution in [0.5, 0.6) is 5.75 Å². The smallest absolute Gasteiger partial charge is 0.352 e. The summed E-state index contributed by atoms with van der Waals surface area (Å²) in [4.78, 5) is 19.6. The number of carboxylic acids is 1. The molecule has 6 heteroatoms. The fourth-order valence-electron chi connectivity index (χ4n) is 4.56. The lowest BCUT2D eigenvalue weighted by Gasteiger charge is -2.10. The molecule has 6 nitrogen and oxygen atoms in total. The number of aryl methyl sites for hydroxylation is 2. The molecule has 34 heavy (non-hydrogen) atoms. The number of fused-ring (bicyclic) bond motifs is 2. The van der Waals surface area contributed by atoms with Gasteiger partial charge in [0.1, 0.15) is 17.3 Å². The van der Waals surface area contributed by atoms with Gasteiger partial charge in [0.2, 0.25) is 0 Å². The first-order valence-corrected chi connectivity index (χ1v) is 11.2. The molecular formula is C28H25N3O3. The van der Waals surface area contributed by atoms with Crippen LogP contribution < -0.4 is 10.5 Å². The topological polar surface area (TPSA) is 101 Å². The van der Waals surface area contributed by atoms with Crippen molar-refractivity contribution >= 4 is 33.5 Å². The van der Waals surface area contributed by atoms with Crippen molar-refractivity contribution in [3.63, 3.8) is 0 Å². The largest absolute Gasteiger partial charge is 0.493 e. The van der Waals surface area contributed by atoms with Crippen LogP contribution >= 0.6 is 0 Å². The van der Waals surface area contributed by atoms with Gasteiger partial charge in [-0.2, -0.15) is 0 Å². The van der Waals surface area contributed by atoms with Crippen molar-refractivity contribution in [2.75, 3.05) is 12.3 Å². The molecule has 0 aliphatic rings. The van der Waals surface area contributed by atoms with Crippen molar-refractivity contribution in [2.45, 2.75) is 19.8 Å². The molecule has 0 bridgehead atoms. The van der Waals surface area contributed by atoms with Gasteiger partial charge in [-0.05, 0) is 48.9 Å². The number of rotatable bonds is 7. The molecule has 0 atom stereocenters. The normalized spacial score (nSPS) is 11.2. The number of ether oxygens (including phenoxy) is 1. The molecule has 0 radical (unpaired) electrons. The number of nitrogen functional groups attached to an aromatic ring is 1. The Bertz CT molecular complexity index is 1520. The fraction of sp³-hybridized carbons (Fsp3) is 0.143. The Morgan fingerprint density at radius 2 is 1.74 bits per heavy atom. The van der Waals surface area contributed by atoms with Crippen LogP contribution in [0.4, 0.5) is 5.82 Å². The highest BCUT2D eigenvalue weighted by Crippen LogP contribution is 2.34. The van der Waals surface area contributed by atoms with Crippen LogP contribution in [0.2, 0.25) is 0 Å². The number of aromatic nitrogens is 2. The average Bonchev–Trinajstić information content (AvgIpc) is 3.21. The molecule has 2 heterocycles. The quantitative estimate of drug-likeness (QED) is 0.264. The second kappa shape index (κ2) is 8.90. The maximum absolute atomic E-state index is 12.1. The van der Waals surface area contributed by atoms with Gasteiger partial charge in [0.25, 0.3) is 0 Å². The summed E-state index contributed by atoms with van der Waals surface area (Å²) >= 11 is 0. The molecule has 0 saturated heterocycles. The summed E-state index contributed by atoms with van der Waals surface area (Å²) in [5.74, 6) is 0.321. The van der Waals surface area contributed by atoms with Crippen molar-refractivity contribution in [1.82, 2.24) is 9.97 Å².